The summed E-state index contributed by atoms with van der Waals surface area (Å²) in [5, 5.41) is 8.81. The fraction of sp³-hybridized carbons (Fsp3) is 0.188. The van der Waals surface area contributed by atoms with Crippen LogP contribution >= 0.6 is 0 Å². The van der Waals surface area contributed by atoms with Gasteiger partial charge in [-0.15, -0.1) is 0 Å². The van der Waals surface area contributed by atoms with Crippen molar-refractivity contribution in [1.29, 1.82) is 5.26 Å². The van der Waals surface area contributed by atoms with Crippen molar-refractivity contribution in [3.63, 3.8) is 0 Å². The number of hydrogen-bond acceptors (Lipinski definition) is 3. The third-order valence-electron chi connectivity index (χ3n) is 3.20. The molecule has 5 heteroatoms. The molecule has 0 aliphatic rings. The largest absolute Gasteiger partial charge is 0.224 e. The monoisotopic (exact) mass is 303 g/mol. The summed E-state index contributed by atoms with van der Waals surface area (Å²) in [7, 11) is -3.46. The van der Waals surface area contributed by atoms with Crippen LogP contribution in [0.5, 0.6) is 0 Å². The summed E-state index contributed by atoms with van der Waals surface area (Å²) >= 11 is 0. The van der Waals surface area contributed by atoms with E-state index in [1.807, 2.05) is 6.07 Å². The first-order valence-electron chi connectivity index (χ1n) is 6.40. The predicted octanol–water partition coefficient (Wildman–Crippen LogP) is 3.02. The predicted molar refractivity (Wildman–Crippen MR) is 78.1 cm³/mol. The number of sulfone groups is 1. The normalized spacial score (nSPS) is 11.1. The van der Waals surface area contributed by atoms with E-state index in [1.165, 1.54) is 18.2 Å². The smallest absolute Gasteiger partial charge is 0.178 e. The van der Waals surface area contributed by atoms with Crippen LogP contribution < -0.4 is 0 Å². The Balaban J connectivity index is 2.17. The molecule has 2 rings (SSSR count). The van der Waals surface area contributed by atoms with Gasteiger partial charge in [0.05, 0.1) is 22.3 Å². The maximum Gasteiger partial charge on any atom is 0.178 e. The van der Waals surface area contributed by atoms with Gasteiger partial charge in [0, 0.05) is 0 Å². The Morgan fingerprint density at radius 3 is 2.62 bits per heavy atom. The van der Waals surface area contributed by atoms with Crippen LogP contribution in [0.4, 0.5) is 4.39 Å². The third-order valence-corrected chi connectivity index (χ3v) is 4.92. The van der Waals surface area contributed by atoms with Crippen molar-refractivity contribution >= 4 is 9.84 Å². The molecule has 0 saturated carbocycles. The lowest BCUT2D eigenvalue weighted by molar-refractivity contribution is 0.595. The van der Waals surface area contributed by atoms with E-state index in [9.17, 15) is 12.8 Å². The second-order valence-electron chi connectivity index (χ2n) is 4.79. The molecule has 0 aliphatic heterocycles. The van der Waals surface area contributed by atoms with E-state index in [4.69, 9.17) is 5.26 Å². The average molecular weight is 303 g/mol. The summed E-state index contributed by atoms with van der Waals surface area (Å²) < 4.78 is 37.7. The highest BCUT2D eigenvalue weighted by molar-refractivity contribution is 7.91. The quantitative estimate of drug-likeness (QED) is 0.872. The van der Waals surface area contributed by atoms with Crippen molar-refractivity contribution < 1.29 is 12.8 Å². The van der Waals surface area contributed by atoms with Crippen LogP contribution in [0.3, 0.4) is 0 Å². The molecule has 0 saturated heterocycles. The zero-order valence-corrected chi connectivity index (χ0v) is 12.3. The molecule has 0 bridgehead atoms. The lowest BCUT2D eigenvalue weighted by atomic mass is 10.1. The lowest BCUT2D eigenvalue weighted by Crippen LogP contribution is -2.09. The van der Waals surface area contributed by atoms with Gasteiger partial charge in [-0.05, 0) is 48.7 Å². The number of nitrogens with zero attached hydrogens (tertiary/aromatic N) is 1. The number of halogens is 1. The van der Waals surface area contributed by atoms with Crippen molar-refractivity contribution in [1.82, 2.24) is 0 Å². The summed E-state index contributed by atoms with van der Waals surface area (Å²) in [6.07, 6.45) is 0.306. The number of benzene rings is 2. The van der Waals surface area contributed by atoms with E-state index in [1.54, 1.807) is 31.2 Å². The maximum atomic E-state index is 13.2. The second-order valence-corrected chi connectivity index (χ2v) is 6.90. The van der Waals surface area contributed by atoms with Gasteiger partial charge in [0.2, 0.25) is 0 Å². The van der Waals surface area contributed by atoms with E-state index >= 15 is 0 Å². The van der Waals surface area contributed by atoms with Gasteiger partial charge >= 0.3 is 0 Å². The third kappa shape index (κ3) is 3.67. The van der Waals surface area contributed by atoms with Gasteiger partial charge in [0.15, 0.2) is 9.84 Å². The fourth-order valence-corrected chi connectivity index (χ4v) is 3.32. The molecule has 3 nitrogen and oxygen atoms in total. The second kappa shape index (κ2) is 6.06. The van der Waals surface area contributed by atoms with Crippen LogP contribution in [-0.4, -0.2) is 14.2 Å². The average Bonchev–Trinajstić information content (AvgIpc) is 2.48. The van der Waals surface area contributed by atoms with E-state index in [0.717, 1.165) is 5.56 Å². The Bertz CT molecular complexity index is 807. The van der Waals surface area contributed by atoms with Crippen molar-refractivity contribution in [2.24, 2.45) is 0 Å². The van der Waals surface area contributed by atoms with Crippen LogP contribution in [0, 0.1) is 24.1 Å². The highest BCUT2D eigenvalue weighted by Crippen LogP contribution is 2.16. The van der Waals surface area contributed by atoms with Crippen LogP contribution in [-0.2, 0) is 16.3 Å². The van der Waals surface area contributed by atoms with Gasteiger partial charge in [-0.3, -0.25) is 0 Å². The van der Waals surface area contributed by atoms with Gasteiger partial charge in [-0.25, -0.2) is 12.8 Å². The number of nitriles is 1. The molecule has 0 unspecified atom stereocenters. The maximum absolute atomic E-state index is 13.2. The van der Waals surface area contributed by atoms with Crippen LogP contribution in [0.15, 0.2) is 47.4 Å². The van der Waals surface area contributed by atoms with Crippen LogP contribution in [0.1, 0.15) is 16.7 Å². The Labute approximate surface area is 123 Å². The molecule has 0 aromatic heterocycles. The molecule has 0 atom stereocenters. The lowest BCUT2D eigenvalue weighted by Gasteiger charge is -2.06. The highest BCUT2D eigenvalue weighted by atomic mass is 32.2. The van der Waals surface area contributed by atoms with Gasteiger partial charge in [-0.1, -0.05) is 18.2 Å². The minimum Gasteiger partial charge on any atom is -0.224 e. The van der Waals surface area contributed by atoms with Gasteiger partial charge in [0.25, 0.3) is 0 Å². The van der Waals surface area contributed by atoms with Crippen molar-refractivity contribution in [2.75, 3.05) is 5.75 Å². The molecule has 0 N–H and O–H groups in total. The number of rotatable bonds is 4. The molecule has 2 aromatic carbocycles. The number of hydrogen-bond donors (Lipinski definition) is 0. The zero-order chi connectivity index (χ0) is 15.5. The topological polar surface area (TPSA) is 57.9 Å². The first-order valence-corrected chi connectivity index (χ1v) is 8.05. The number of aryl methyl sites for hydroxylation is 2. The molecule has 0 amide bonds. The molecule has 2 aromatic rings. The van der Waals surface area contributed by atoms with Crippen molar-refractivity contribution in [2.45, 2.75) is 18.2 Å². The van der Waals surface area contributed by atoms with E-state index in [0.29, 0.717) is 17.5 Å². The Hall–Kier alpha value is -2.19. The molecular weight excluding hydrogens is 289 g/mol. The van der Waals surface area contributed by atoms with Crippen molar-refractivity contribution in [3.05, 3.63) is 65.0 Å². The summed E-state index contributed by atoms with van der Waals surface area (Å²) in [6, 6.07) is 12.4. The molecule has 0 aliphatic carbocycles. The van der Waals surface area contributed by atoms with E-state index < -0.39 is 9.84 Å². The Morgan fingerprint density at radius 1 is 1.19 bits per heavy atom. The summed E-state index contributed by atoms with van der Waals surface area (Å²) in [4.78, 5) is 0.139. The van der Waals surface area contributed by atoms with Gasteiger partial charge in [0.1, 0.15) is 5.82 Å². The van der Waals surface area contributed by atoms with Gasteiger partial charge in [-0.2, -0.15) is 5.26 Å². The highest BCUT2D eigenvalue weighted by Gasteiger charge is 2.15. The van der Waals surface area contributed by atoms with Gasteiger partial charge < -0.3 is 0 Å². The van der Waals surface area contributed by atoms with E-state index in [-0.39, 0.29) is 16.5 Å². The molecule has 0 radical (unpaired) electrons. The van der Waals surface area contributed by atoms with E-state index in [2.05, 4.69) is 0 Å². The fourth-order valence-electron chi connectivity index (χ4n) is 1.99. The SMILES string of the molecule is Cc1cc(CCS(=O)(=O)c2cccc(C#N)c2)ccc1F. The zero-order valence-electron chi connectivity index (χ0n) is 11.5. The molecular formula is C16H14FNO2S. The van der Waals surface area contributed by atoms with Crippen molar-refractivity contribution in [3.8, 4) is 6.07 Å². The summed E-state index contributed by atoms with van der Waals surface area (Å²) in [5.74, 6) is -0.379. The Kier molecular flexibility index (Phi) is 4.39. The molecule has 108 valence electrons. The molecule has 0 heterocycles. The van der Waals surface area contributed by atoms with Crippen LogP contribution in [0.25, 0.3) is 0 Å². The molecule has 0 fully saturated rings. The minimum atomic E-state index is -3.46. The Morgan fingerprint density at radius 2 is 1.95 bits per heavy atom. The first-order chi connectivity index (χ1) is 9.92. The summed E-state index contributed by atoms with van der Waals surface area (Å²) in [5.41, 5.74) is 1.58. The first kappa shape index (κ1) is 15.2. The van der Waals surface area contributed by atoms with Crippen LogP contribution in [0.2, 0.25) is 0 Å². The summed E-state index contributed by atoms with van der Waals surface area (Å²) in [6.45, 7) is 1.64. The standard InChI is InChI=1S/C16H14FNO2S/c1-12-9-13(5-6-16(12)17)7-8-21(19,20)15-4-2-3-14(10-15)11-18/h2-6,9-10H,7-8H2,1H3. The molecule has 21 heavy (non-hydrogen) atoms. The minimum absolute atomic E-state index is 0.0764. The molecule has 0 spiro atoms.